The van der Waals surface area contributed by atoms with Crippen LogP contribution in [0.25, 0.3) is 0 Å². The Hall–Kier alpha value is -4.45. The molecule has 1 aromatic heterocycles. The molecule has 0 aliphatic rings. The zero-order valence-electron chi connectivity index (χ0n) is 18.1. The summed E-state index contributed by atoms with van der Waals surface area (Å²) in [6.07, 6.45) is 1.10. The van der Waals surface area contributed by atoms with Crippen LogP contribution in [0, 0.1) is 10.1 Å². The Morgan fingerprint density at radius 3 is 2.06 bits per heavy atom. The highest BCUT2D eigenvalue weighted by molar-refractivity contribution is 6.31. The van der Waals surface area contributed by atoms with Crippen LogP contribution in [0.2, 0.25) is 5.02 Å². The maximum atomic E-state index is 12.0. The first-order chi connectivity index (χ1) is 16.3. The Balaban J connectivity index is 2.07. The summed E-state index contributed by atoms with van der Waals surface area (Å²) < 4.78 is 14.7. The number of aromatic nitrogens is 2. The normalized spacial score (nSPS) is 10.2. The third kappa shape index (κ3) is 5.30. The standard InChI is InChI=1S/C21H18ClN5O7/c1-32-16-5-4-13(22)9-15(16)26-19-17(27(30)31)18(23-10-24-19)25-14-7-11(20(28)33-2)6-12(8-14)21(29)34-3/h4-10H,1-3H3,(H2,23,24,25,26). The molecular weight excluding hydrogens is 470 g/mol. The van der Waals surface area contributed by atoms with E-state index in [9.17, 15) is 19.7 Å². The molecule has 13 heteroatoms. The van der Waals surface area contributed by atoms with Crippen LogP contribution in [0.5, 0.6) is 5.75 Å². The minimum absolute atomic E-state index is 0.0200. The SMILES string of the molecule is COC(=O)c1cc(Nc2ncnc(Nc3cc(Cl)ccc3OC)c2[N+](=O)[O-])cc(C(=O)OC)c1. The van der Waals surface area contributed by atoms with Gasteiger partial charge in [0.1, 0.15) is 12.1 Å². The van der Waals surface area contributed by atoms with Crippen molar-refractivity contribution >= 4 is 52.2 Å². The largest absolute Gasteiger partial charge is 0.495 e. The van der Waals surface area contributed by atoms with Gasteiger partial charge in [0.25, 0.3) is 0 Å². The van der Waals surface area contributed by atoms with E-state index in [-0.39, 0.29) is 28.5 Å². The first-order valence-corrected chi connectivity index (χ1v) is 9.83. The molecule has 0 saturated carbocycles. The molecule has 0 bridgehead atoms. The number of hydrogen-bond donors (Lipinski definition) is 2. The highest BCUT2D eigenvalue weighted by Gasteiger charge is 2.25. The second kappa shape index (κ2) is 10.4. The van der Waals surface area contributed by atoms with Crippen molar-refractivity contribution in [2.24, 2.45) is 0 Å². The predicted molar refractivity (Wildman–Crippen MR) is 122 cm³/mol. The lowest BCUT2D eigenvalue weighted by Crippen LogP contribution is -2.09. The molecule has 0 unspecified atom stereocenters. The van der Waals surface area contributed by atoms with Crippen molar-refractivity contribution in [3.8, 4) is 5.75 Å². The van der Waals surface area contributed by atoms with Gasteiger partial charge in [0.05, 0.1) is 43.1 Å². The number of rotatable bonds is 8. The number of anilines is 4. The number of hydrogen-bond acceptors (Lipinski definition) is 11. The van der Waals surface area contributed by atoms with Crippen LogP contribution in [0.1, 0.15) is 20.7 Å². The van der Waals surface area contributed by atoms with Crippen molar-refractivity contribution in [1.82, 2.24) is 9.97 Å². The molecule has 0 fully saturated rings. The van der Waals surface area contributed by atoms with E-state index in [1.54, 1.807) is 12.1 Å². The van der Waals surface area contributed by atoms with Gasteiger partial charge in [-0.2, -0.15) is 0 Å². The fraction of sp³-hybridized carbons (Fsp3) is 0.143. The lowest BCUT2D eigenvalue weighted by molar-refractivity contribution is -0.383. The van der Waals surface area contributed by atoms with E-state index in [1.807, 2.05) is 0 Å². The lowest BCUT2D eigenvalue weighted by atomic mass is 10.1. The lowest BCUT2D eigenvalue weighted by Gasteiger charge is -2.13. The molecule has 0 aliphatic carbocycles. The second-order valence-electron chi connectivity index (χ2n) is 6.55. The zero-order chi connectivity index (χ0) is 24.8. The maximum Gasteiger partial charge on any atom is 0.353 e. The smallest absolute Gasteiger partial charge is 0.353 e. The molecular formula is C21H18ClN5O7. The van der Waals surface area contributed by atoms with Gasteiger partial charge in [-0.05, 0) is 36.4 Å². The monoisotopic (exact) mass is 487 g/mol. The predicted octanol–water partition coefficient (Wildman–Crippen LogP) is 4.11. The molecule has 12 nitrogen and oxygen atoms in total. The molecule has 0 aliphatic heterocycles. The van der Waals surface area contributed by atoms with Gasteiger partial charge >= 0.3 is 17.6 Å². The van der Waals surface area contributed by atoms with Gasteiger partial charge in [0.2, 0.25) is 11.6 Å². The Morgan fingerprint density at radius 2 is 1.53 bits per heavy atom. The summed E-state index contributed by atoms with van der Waals surface area (Å²) in [6.45, 7) is 0. The van der Waals surface area contributed by atoms with Gasteiger partial charge in [-0.3, -0.25) is 10.1 Å². The zero-order valence-corrected chi connectivity index (χ0v) is 18.9. The first-order valence-electron chi connectivity index (χ1n) is 9.46. The number of methoxy groups -OCH3 is 3. The van der Waals surface area contributed by atoms with E-state index in [0.717, 1.165) is 6.33 Å². The number of carbonyl (C=O) groups is 2. The van der Waals surface area contributed by atoms with Crippen LogP contribution in [-0.4, -0.2) is 48.2 Å². The van der Waals surface area contributed by atoms with Crippen molar-refractivity contribution in [1.29, 1.82) is 0 Å². The number of esters is 2. The summed E-state index contributed by atoms with van der Waals surface area (Å²) >= 11 is 6.04. The molecule has 0 saturated heterocycles. The number of halogens is 1. The number of carbonyl (C=O) groups excluding carboxylic acids is 2. The average molecular weight is 488 g/mol. The number of nitrogens with one attached hydrogen (secondary N) is 2. The number of nitro groups is 1. The molecule has 3 aromatic rings. The Bertz CT molecular complexity index is 1230. The molecule has 1 heterocycles. The van der Waals surface area contributed by atoms with Gasteiger partial charge in [0, 0.05) is 10.7 Å². The molecule has 3 rings (SSSR count). The molecule has 176 valence electrons. The van der Waals surface area contributed by atoms with Gasteiger partial charge in [-0.25, -0.2) is 19.6 Å². The summed E-state index contributed by atoms with van der Waals surface area (Å²) in [7, 11) is 3.79. The van der Waals surface area contributed by atoms with Crippen LogP contribution in [0.4, 0.5) is 28.7 Å². The molecule has 2 N–H and O–H groups in total. The Morgan fingerprint density at radius 1 is 0.941 bits per heavy atom. The molecule has 34 heavy (non-hydrogen) atoms. The van der Waals surface area contributed by atoms with Crippen LogP contribution in [-0.2, 0) is 9.47 Å². The quantitative estimate of drug-likeness (QED) is 0.268. The number of nitrogens with zero attached hydrogens (tertiary/aromatic N) is 3. The minimum Gasteiger partial charge on any atom is -0.495 e. The number of ether oxygens (including phenoxy) is 3. The van der Waals surface area contributed by atoms with Gasteiger partial charge in [0.15, 0.2) is 0 Å². The molecule has 0 radical (unpaired) electrons. The van der Waals surface area contributed by atoms with Crippen molar-refractivity contribution in [3.63, 3.8) is 0 Å². The Kier molecular flexibility index (Phi) is 7.43. The molecule has 0 atom stereocenters. The molecule has 0 amide bonds. The van der Waals surface area contributed by atoms with Crippen molar-refractivity contribution in [2.75, 3.05) is 32.0 Å². The van der Waals surface area contributed by atoms with Crippen molar-refractivity contribution in [3.05, 3.63) is 69.0 Å². The summed E-state index contributed by atoms with van der Waals surface area (Å²) in [6, 6.07) is 8.66. The van der Waals surface area contributed by atoms with E-state index >= 15 is 0 Å². The topological polar surface area (TPSA) is 155 Å². The van der Waals surface area contributed by atoms with Crippen LogP contribution >= 0.6 is 11.6 Å². The third-order valence-electron chi connectivity index (χ3n) is 4.46. The van der Waals surface area contributed by atoms with E-state index in [2.05, 4.69) is 20.6 Å². The van der Waals surface area contributed by atoms with E-state index < -0.39 is 22.5 Å². The molecule has 0 spiro atoms. The van der Waals surface area contributed by atoms with Crippen molar-refractivity contribution < 1.29 is 28.7 Å². The maximum absolute atomic E-state index is 12.0. The van der Waals surface area contributed by atoms with Gasteiger partial charge in [-0.15, -0.1) is 0 Å². The highest BCUT2D eigenvalue weighted by atomic mass is 35.5. The summed E-state index contributed by atoms with van der Waals surface area (Å²) in [5.74, 6) is -1.43. The third-order valence-corrected chi connectivity index (χ3v) is 4.69. The van der Waals surface area contributed by atoms with Gasteiger partial charge < -0.3 is 24.8 Å². The van der Waals surface area contributed by atoms with E-state index in [0.29, 0.717) is 16.5 Å². The van der Waals surface area contributed by atoms with Gasteiger partial charge in [-0.1, -0.05) is 11.6 Å². The summed E-state index contributed by atoms with van der Waals surface area (Å²) in [5, 5.41) is 17.9. The Labute approximate surface area is 198 Å². The fourth-order valence-corrected chi connectivity index (χ4v) is 3.12. The fourth-order valence-electron chi connectivity index (χ4n) is 2.95. The van der Waals surface area contributed by atoms with E-state index in [4.69, 9.17) is 25.8 Å². The van der Waals surface area contributed by atoms with Crippen LogP contribution in [0.3, 0.4) is 0 Å². The highest BCUT2D eigenvalue weighted by Crippen LogP contribution is 2.36. The minimum atomic E-state index is -0.721. The summed E-state index contributed by atoms with van der Waals surface area (Å²) in [5.41, 5.74) is 0.0191. The van der Waals surface area contributed by atoms with Crippen LogP contribution in [0.15, 0.2) is 42.7 Å². The summed E-state index contributed by atoms with van der Waals surface area (Å²) in [4.78, 5) is 43.2. The number of benzene rings is 2. The van der Waals surface area contributed by atoms with E-state index in [1.165, 1.54) is 45.6 Å². The van der Waals surface area contributed by atoms with Crippen molar-refractivity contribution in [2.45, 2.75) is 0 Å². The molecule has 2 aromatic carbocycles. The second-order valence-corrected chi connectivity index (χ2v) is 6.99. The average Bonchev–Trinajstić information content (AvgIpc) is 2.82. The van der Waals surface area contributed by atoms with Crippen LogP contribution < -0.4 is 15.4 Å². The first kappa shape index (κ1) is 24.2.